The number of methoxy groups -OCH3 is 1. The number of amides is 1. The Bertz CT molecular complexity index is 402. The second-order valence-electron chi connectivity index (χ2n) is 5.22. The van der Waals surface area contributed by atoms with Crippen LogP contribution in [-0.4, -0.2) is 24.6 Å². The number of likely N-dealkylation sites (tertiary alicyclic amines) is 1. The van der Waals surface area contributed by atoms with Gasteiger partial charge in [0.25, 0.3) is 0 Å². The number of hydrogen-bond acceptors (Lipinski definition) is 2. The molecule has 2 unspecified atom stereocenters. The van der Waals surface area contributed by atoms with Gasteiger partial charge in [0.1, 0.15) is 0 Å². The molecule has 1 aliphatic heterocycles. The zero-order valence-corrected chi connectivity index (χ0v) is 11.3. The second-order valence-corrected chi connectivity index (χ2v) is 5.22. The molecule has 0 bridgehead atoms. The van der Waals surface area contributed by atoms with E-state index >= 15 is 0 Å². The molecular formula is C15H21NO2. The lowest BCUT2D eigenvalue weighted by Crippen LogP contribution is -2.32. The van der Waals surface area contributed by atoms with Crippen molar-refractivity contribution in [1.29, 1.82) is 0 Å². The molecule has 0 saturated carbocycles. The van der Waals surface area contributed by atoms with Crippen molar-refractivity contribution in [3.05, 3.63) is 35.9 Å². The number of hydrogen-bond donors (Lipinski definition) is 0. The summed E-state index contributed by atoms with van der Waals surface area (Å²) >= 11 is 0. The van der Waals surface area contributed by atoms with E-state index in [0.29, 0.717) is 11.8 Å². The highest BCUT2D eigenvalue weighted by Crippen LogP contribution is 2.41. The van der Waals surface area contributed by atoms with Crippen LogP contribution in [0.5, 0.6) is 0 Å². The molecule has 0 N–H and O–H groups in total. The Morgan fingerprint density at radius 3 is 2.56 bits per heavy atom. The molecular weight excluding hydrogens is 226 g/mol. The zero-order valence-electron chi connectivity index (χ0n) is 11.3. The maximum atomic E-state index is 11.9. The smallest absolute Gasteiger partial charge is 0.410 e. The summed E-state index contributed by atoms with van der Waals surface area (Å²) in [5.74, 6) is 1.07. The van der Waals surface area contributed by atoms with Crippen molar-refractivity contribution >= 4 is 6.09 Å². The summed E-state index contributed by atoms with van der Waals surface area (Å²) in [6.45, 7) is 5.23. The second kappa shape index (κ2) is 5.42. The minimum Gasteiger partial charge on any atom is -0.453 e. The number of benzene rings is 1. The summed E-state index contributed by atoms with van der Waals surface area (Å²) in [7, 11) is 1.45. The maximum Gasteiger partial charge on any atom is 0.410 e. The topological polar surface area (TPSA) is 29.5 Å². The first-order chi connectivity index (χ1) is 8.65. The van der Waals surface area contributed by atoms with Gasteiger partial charge in [-0.1, -0.05) is 44.2 Å². The number of nitrogens with zero attached hydrogens (tertiary/aromatic N) is 1. The minimum absolute atomic E-state index is 0.152. The van der Waals surface area contributed by atoms with Gasteiger partial charge in [-0.3, -0.25) is 0 Å². The van der Waals surface area contributed by atoms with Crippen LogP contribution >= 0.6 is 0 Å². The molecule has 98 valence electrons. The Balaban J connectivity index is 2.31. The summed E-state index contributed by atoms with van der Waals surface area (Å²) in [6.07, 6.45) is 0.832. The molecule has 3 heteroatoms. The zero-order chi connectivity index (χ0) is 13.1. The van der Waals surface area contributed by atoms with E-state index in [1.54, 1.807) is 0 Å². The summed E-state index contributed by atoms with van der Waals surface area (Å²) in [6, 6.07) is 10.4. The maximum absolute atomic E-state index is 11.9. The SMILES string of the molecule is COC(=O)N1CCC(C(C)C)C1c1ccccc1. The van der Waals surface area contributed by atoms with Crippen LogP contribution in [0.2, 0.25) is 0 Å². The van der Waals surface area contributed by atoms with Crippen molar-refractivity contribution in [2.24, 2.45) is 11.8 Å². The summed E-state index contributed by atoms with van der Waals surface area (Å²) in [5, 5.41) is 0. The first-order valence-corrected chi connectivity index (χ1v) is 6.54. The Kier molecular flexibility index (Phi) is 3.90. The molecule has 1 amide bonds. The van der Waals surface area contributed by atoms with E-state index in [-0.39, 0.29) is 12.1 Å². The van der Waals surface area contributed by atoms with Crippen LogP contribution in [0.3, 0.4) is 0 Å². The van der Waals surface area contributed by atoms with Crippen LogP contribution in [0.15, 0.2) is 30.3 Å². The number of carbonyl (C=O) groups is 1. The molecule has 1 aliphatic rings. The van der Waals surface area contributed by atoms with Crippen molar-refractivity contribution in [2.75, 3.05) is 13.7 Å². The van der Waals surface area contributed by atoms with Crippen LogP contribution in [0.25, 0.3) is 0 Å². The predicted octanol–water partition coefficient (Wildman–Crippen LogP) is 3.47. The van der Waals surface area contributed by atoms with Gasteiger partial charge >= 0.3 is 6.09 Å². The first-order valence-electron chi connectivity index (χ1n) is 6.54. The van der Waals surface area contributed by atoms with Crippen LogP contribution in [0.4, 0.5) is 4.79 Å². The third kappa shape index (κ3) is 2.35. The van der Waals surface area contributed by atoms with Gasteiger partial charge in [-0.25, -0.2) is 4.79 Å². The molecule has 3 nitrogen and oxygen atoms in total. The van der Waals surface area contributed by atoms with Gasteiger partial charge in [0.2, 0.25) is 0 Å². The highest BCUT2D eigenvalue weighted by Gasteiger charge is 2.39. The van der Waals surface area contributed by atoms with Crippen molar-refractivity contribution in [3.8, 4) is 0 Å². The highest BCUT2D eigenvalue weighted by molar-refractivity contribution is 5.68. The normalized spacial score (nSPS) is 23.4. The number of rotatable bonds is 2. The molecule has 0 spiro atoms. The molecule has 1 saturated heterocycles. The van der Waals surface area contributed by atoms with Crippen LogP contribution in [0, 0.1) is 11.8 Å². The average Bonchev–Trinajstić information content (AvgIpc) is 2.83. The Hall–Kier alpha value is -1.51. The van der Waals surface area contributed by atoms with Gasteiger partial charge in [0.15, 0.2) is 0 Å². The lowest BCUT2D eigenvalue weighted by atomic mass is 9.85. The van der Waals surface area contributed by atoms with E-state index in [9.17, 15) is 4.79 Å². The summed E-state index contributed by atoms with van der Waals surface area (Å²) < 4.78 is 4.90. The predicted molar refractivity (Wildman–Crippen MR) is 71.2 cm³/mol. The van der Waals surface area contributed by atoms with Crippen LogP contribution < -0.4 is 0 Å². The standard InChI is InChI=1S/C15H21NO2/c1-11(2)13-9-10-16(15(17)18-3)14(13)12-7-5-4-6-8-12/h4-8,11,13-14H,9-10H2,1-3H3. The van der Waals surface area contributed by atoms with Crippen molar-refractivity contribution in [3.63, 3.8) is 0 Å². The molecule has 2 rings (SSSR count). The first kappa shape index (κ1) is 12.9. The average molecular weight is 247 g/mol. The molecule has 18 heavy (non-hydrogen) atoms. The summed E-state index contributed by atoms with van der Waals surface area (Å²) in [5.41, 5.74) is 1.21. The third-order valence-corrected chi connectivity index (χ3v) is 3.85. The number of carbonyl (C=O) groups excluding carboxylic acids is 1. The van der Waals surface area contributed by atoms with Crippen LogP contribution in [0.1, 0.15) is 31.9 Å². The Morgan fingerprint density at radius 1 is 1.33 bits per heavy atom. The van der Waals surface area contributed by atoms with Crippen molar-refractivity contribution < 1.29 is 9.53 Å². The molecule has 0 aromatic heterocycles. The van der Waals surface area contributed by atoms with E-state index in [2.05, 4.69) is 26.0 Å². The van der Waals surface area contributed by atoms with Gasteiger partial charge < -0.3 is 9.64 Å². The largest absolute Gasteiger partial charge is 0.453 e. The summed E-state index contributed by atoms with van der Waals surface area (Å²) in [4.78, 5) is 13.7. The monoisotopic (exact) mass is 247 g/mol. The highest BCUT2D eigenvalue weighted by atomic mass is 16.5. The molecule has 1 aromatic rings. The van der Waals surface area contributed by atoms with E-state index < -0.39 is 0 Å². The molecule has 1 fully saturated rings. The quantitative estimate of drug-likeness (QED) is 0.800. The Morgan fingerprint density at radius 2 is 2.00 bits per heavy atom. The lowest BCUT2D eigenvalue weighted by Gasteiger charge is -2.29. The van der Waals surface area contributed by atoms with Gasteiger partial charge in [-0.2, -0.15) is 0 Å². The number of ether oxygens (including phenoxy) is 1. The molecule has 1 heterocycles. The fraction of sp³-hybridized carbons (Fsp3) is 0.533. The van der Waals surface area contributed by atoms with Gasteiger partial charge in [0, 0.05) is 6.54 Å². The molecule has 2 atom stereocenters. The van der Waals surface area contributed by atoms with Gasteiger partial charge in [0.05, 0.1) is 13.2 Å². The van der Waals surface area contributed by atoms with E-state index in [1.165, 1.54) is 12.7 Å². The van der Waals surface area contributed by atoms with Gasteiger partial charge in [-0.05, 0) is 23.8 Å². The Labute approximate surface area is 109 Å². The van der Waals surface area contributed by atoms with Gasteiger partial charge in [-0.15, -0.1) is 0 Å². The van der Waals surface area contributed by atoms with E-state index in [4.69, 9.17) is 4.74 Å². The minimum atomic E-state index is -0.216. The molecule has 0 radical (unpaired) electrons. The third-order valence-electron chi connectivity index (χ3n) is 3.85. The molecule has 0 aliphatic carbocycles. The van der Waals surface area contributed by atoms with Crippen molar-refractivity contribution in [2.45, 2.75) is 26.3 Å². The van der Waals surface area contributed by atoms with E-state index in [0.717, 1.165) is 13.0 Å². The van der Waals surface area contributed by atoms with Crippen LogP contribution in [-0.2, 0) is 4.74 Å². The van der Waals surface area contributed by atoms with Crippen molar-refractivity contribution in [1.82, 2.24) is 4.90 Å². The van der Waals surface area contributed by atoms with E-state index in [1.807, 2.05) is 23.1 Å². The fourth-order valence-electron chi connectivity index (χ4n) is 2.91. The molecule has 1 aromatic carbocycles. The lowest BCUT2D eigenvalue weighted by molar-refractivity contribution is 0.111. The fourth-order valence-corrected chi connectivity index (χ4v) is 2.91.